The van der Waals surface area contributed by atoms with Gasteiger partial charge in [-0.05, 0) is 75.8 Å². The van der Waals surface area contributed by atoms with Crippen LogP contribution >= 0.6 is 0 Å². The number of fused-ring (bicyclic) bond motifs is 1. The zero-order chi connectivity index (χ0) is 15.3. The molecule has 2 aliphatic carbocycles. The third kappa shape index (κ3) is 3.28. The predicted octanol–water partition coefficient (Wildman–Crippen LogP) is 4.31. The van der Waals surface area contributed by atoms with Crippen molar-refractivity contribution in [3.8, 4) is 0 Å². The Labute approximate surface area is 126 Å². The summed E-state index contributed by atoms with van der Waals surface area (Å²) in [6.07, 6.45) is 4.04. The molecule has 2 saturated carbocycles. The van der Waals surface area contributed by atoms with Gasteiger partial charge >= 0.3 is 0 Å². The van der Waals surface area contributed by atoms with Crippen LogP contribution in [-0.2, 0) is 6.42 Å². The summed E-state index contributed by atoms with van der Waals surface area (Å²) in [4.78, 5) is 0. The first-order valence-electron chi connectivity index (χ1n) is 7.96. The highest BCUT2D eigenvalue weighted by Crippen LogP contribution is 2.60. The van der Waals surface area contributed by atoms with Crippen LogP contribution in [0, 0.1) is 28.9 Å². The van der Waals surface area contributed by atoms with Crippen molar-refractivity contribution < 1.29 is 8.78 Å². The molecule has 21 heavy (non-hydrogen) atoms. The van der Waals surface area contributed by atoms with Gasteiger partial charge in [0.25, 0.3) is 0 Å². The summed E-state index contributed by atoms with van der Waals surface area (Å²) < 4.78 is 28.0. The maximum atomic E-state index is 14.0. The maximum absolute atomic E-state index is 14.0. The average Bonchev–Trinajstić information content (AvgIpc) is 3.00. The first-order chi connectivity index (χ1) is 9.78. The van der Waals surface area contributed by atoms with E-state index in [1.54, 1.807) is 0 Å². The average molecular weight is 293 g/mol. The second kappa shape index (κ2) is 5.05. The molecule has 0 bridgehead atoms. The zero-order valence-electron chi connectivity index (χ0n) is 13.2. The van der Waals surface area contributed by atoms with Crippen LogP contribution in [0.2, 0.25) is 0 Å². The molecule has 0 aromatic heterocycles. The van der Waals surface area contributed by atoms with Crippen LogP contribution in [0.5, 0.6) is 0 Å². The number of halogens is 2. The van der Waals surface area contributed by atoms with Crippen LogP contribution in [0.15, 0.2) is 18.2 Å². The second-order valence-electron chi connectivity index (χ2n) is 8.14. The number of benzene rings is 1. The van der Waals surface area contributed by atoms with E-state index in [0.717, 1.165) is 31.2 Å². The Morgan fingerprint density at radius 1 is 1.14 bits per heavy atom. The molecule has 1 aromatic rings. The molecule has 2 fully saturated rings. The summed E-state index contributed by atoms with van der Waals surface area (Å²) in [5.41, 5.74) is 0.326. The van der Waals surface area contributed by atoms with Gasteiger partial charge in [0, 0.05) is 17.6 Å². The zero-order valence-corrected chi connectivity index (χ0v) is 13.2. The molecule has 0 amide bonds. The molecule has 2 unspecified atom stereocenters. The Bertz CT molecular complexity index is 502. The molecule has 1 aromatic carbocycles. The largest absolute Gasteiger partial charge is 0.312 e. The lowest BCUT2D eigenvalue weighted by molar-refractivity contribution is 0.218. The lowest BCUT2D eigenvalue weighted by Gasteiger charge is -2.35. The quantitative estimate of drug-likeness (QED) is 0.872. The topological polar surface area (TPSA) is 12.0 Å². The Morgan fingerprint density at radius 3 is 2.24 bits per heavy atom. The van der Waals surface area contributed by atoms with Gasteiger partial charge in [0.1, 0.15) is 11.6 Å². The summed E-state index contributed by atoms with van der Waals surface area (Å²) in [6, 6.07) is 4.19. The van der Waals surface area contributed by atoms with E-state index in [4.69, 9.17) is 0 Å². The summed E-state index contributed by atoms with van der Waals surface area (Å²) in [7, 11) is 0. The highest BCUT2D eigenvalue weighted by molar-refractivity contribution is 5.23. The number of nitrogens with one attached hydrogen (secondary N) is 1. The van der Waals surface area contributed by atoms with E-state index in [0.29, 0.717) is 6.42 Å². The van der Waals surface area contributed by atoms with E-state index in [1.165, 1.54) is 24.6 Å². The number of hydrogen-bond donors (Lipinski definition) is 1. The minimum absolute atomic E-state index is 0.0178. The molecular weight excluding hydrogens is 268 g/mol. The molecule has 0 aliphatic heterocycles. The van der Waals surface area contributed by atoms with Crippen LogP contribution in [0.4, 0.5) is 8.78 Å². The van der Waals surface area contributed by atoms with Crippen molar-refractivity contribution in [2.75, 3.05) is 6.54 Å². The third-order valence-corrected chi connectivity index (χ3v) is 5.07. The molecule has 0 heterocycles. The maximum Gasteiger partial charge on any atom is 0.129 e. The standard InChI is InChI=1S/C18H25F2N/c1-17(2,3)21-11-18(8-12-7-13(12)9-18)10-14-15(19)5-4-6-16(14)20/h4-6,12-13,21H,7-11H2,1-3H3. The molecule has 3 rings (SSSR count). The Morgan fingerprint density at radius 2 is 1.71 bits per heavy atom. The Balaban J connectivity index is 1.80. The lowest BCUT2D eigenvalue weighted by Crippen LogP contribution is -2.44. The molecule has 0 radical (unpaired) electrons. The molecule has 0 saturated heterocycles. The molecule has 1 nitrogen and oxygen atoms in total. The predicted molar refractivity (Wildman–Crippen MR) is 81.1 cm³/mol. The molecule has 116 valence electrons. The minimum atomic E-state index is -0.397. The van der Waals surface area contributed by atoms with Gasteiger partial charge in [-0.2, -0.15) is 0 Å². The van der Waals surface area contributed by atoms with E-state index in [1.807, 2.05) is 0 Å². The van der Waals surface area contributed by atoms with Crippen molar-refractivity contribution in [3.63, 3.8) is 0 Å². The molecule has 3 heteroatoms. The van der Waals surface area contributed by atoms with Crippen molar-refractivity contribution in [1.29, 1.82) is 0 Å². The fourth-order valence-corrected chi connectivity index (χ4v) is 3.89. The highest BCUT2D eigenvalue weighted by atomic mass is 19.1. The third-order valence-electron chi connectivity index (χ3n) is 5.07. The van der Waals surface area contributed by atoms with Crippen LogP contribution in [0.1, 0.15) is 45.6 Å². The van der Waals surface area contributed by atoms with E-state index in [2.05, 4.69) is 26.1 Å². The number of hydrogen-bond acceptors (Lipinski definition) is 1. The van der Waals surface area contributed by atoms with E-state index < -0.39 is 11.6 Å². The van der Waals surface area contributed by atoms with Gasteiger partial charge in [0.05, 0.1) is 0 Å². The minimum Gasteiger partial charge on any atom is -0.312 e. The van der Waals surface area contributed by atoms with Gasteiger partial charge in [-0.3, -0.25) is 0 Å². The fourth-order valence-electron chi connectivity index (χ4n) is 3.89. The van der Waals surface area contributed by atoms with Gasteiger partial charge in [-0.1, -0.05) is 6.07 Å². The van der Waals surface area contributed by atoms with Crippen LogP contribution in [0.3, 0.4) is 0 Å². The molecular formula is C18H25F2N. The first-order valence-corrected chi connectivity index (χ1v) is 7.96. The normalized spacial score (nSPS) is 31.3. The molecule has 0 spiro atoms. The monoisotopic (exact) mass is 293 g/mol. The van der Waals surface area contributed by atoms with Crippen LogP contribution in [0.25, 0.3) is 0 Å². The van der Waals surface area contributed by atoms with E-state index in [9.17, 15) is 8.78 Å². The molecule has 1 N–H and O–H groups in total. The van der Waals surface area contributed by atoms with Crippen molar-refractivity contribution in [2.24, 2.45) is 17.3 Å². The van der Waals surface area contributed by atoms with Crippen molar-refractivity contribution in [2.45, 2.75) is 52.0 Å². The fraction of sp³-hybridized carbons (Fsp3) is 0.667. The van der Waals surface area contributed by atoms with Gasteiger partial charge < -0.3 is 5.32 Å². The second-order valence-corrected chi connectivity index (χ2v) is 8.14. The summed E-state index contributed by atoms with van der Waals surface area (Å²) in [5.74, 6) is 0.791. The molecule has 2 atom stereocenters. The summed E-state index contributed by atoms with van der Waals surface area (Å²) in [5, 5.41) is 3.56. The summed E-state index contributed by atoms with van der Waals surface area (Å²) in [6.45, 7) is 7.26. The Hall–Kier alpha value is -0.960. The van der Waals surface area contributed by atoms with Gasteiger partial charge in [-0.25, -0.2) is 8.78 Å². The van der Waals surface area contributed by atoms with Crippen molar-refractivity contribution in [1.82, 2.24) is 5.32 Å². The van der Waals surface area contributed by atoms with Crippen molar-refractivity contribution in [3.05, 3.63) is 35.4 Å². The van der Waals surface area contributed by atoms with Gasteiger partial charge in [-0.15, -0.1) is 0 Å². The van der Waals surface area contributed by atoms with E-state index >= 15 is 0 Å². The SMILES string of the molecule is CC(C)(C)NCC1(Cc2c(F)cccc2F)CC2CC2C1. The van der Waals surface area contributed by atoms with Gasteiger partial charge in [0.2, 0.25) is 0 Å². The summed E-state index contributed by atoms with van der Waals surface area (Å²) >= 11 is 0. The highest BCUT2D eigenvalue weighted by Gasteiger charge is 2.53. The molecule has 2 aliphatic rings. The van der Waals surface area contributed by atoms with Crippen molar-refractivity contribution >= 4 is 0 Å². The first kappa shape index (κ1) is 15.0. The van der Waals surface area contributed by atoms with Crippen LogP contribution in [-0.4, -0.2) is 12.1 Å². The number of rotatable bonds is 4. The van der Waals surface area contributed by atoms with E-state index in [-0.39, 0.29) is 16.5 Å². The smallest absolute Gasteiger partial charge is 0.129 e. The lowest BCUT2D eigenvalue weighted by atomic mass is 9.76. The Kier molecular flexibility index (Phi) is 3.59. The van der Waals surface area contributed by atoms with Crippen LogP contribution < -0.4 is 5.32 Å². The van der Waals surface area contributed by atoms with Gasteiger partial charge in [0.15, 0.2) is 0 Å².